The second-order valence-electron chi connectivity index (χ2n) is 8.91. The monoisotopic (exact) mass is 450 g/mol. The number of piperidine rings is 1. The van der Waals surface area contributed by atoms with E-state index in [-0.39, 0.29) is 37.3 Å². The van der Waals surface area contributed by atoms with Crippen LogP contribution in [0.15, 0.2) is 48.5 Å². The molecule has 2 amide bonds. The van der Waals surface area contributed by atoms with Crippen molar-refractivity contribution in [3.8, 4) is 11.1 Å². The van der Waals surface area contributed by atoms with Crippen molar-refractivity contribution in [2.45, 2.75) is 57.0 Å². The van der Waals surface area contributed by atoms with Crippen LogP contribution in [0.5, 0.6) is 0 Å². The number of nitrogens with zero attached hydrogens (tertiary/aromatic N) is 1. The van der Waals surface area contributed by atoms with E-state index in [0.29, 0.717) is 13.0 Å². The zero-order valence-corrected chi connectivity index (χ0v) is 18.8. The fourth-order valence-electron chi connectivity index (χ4n) is 5.01. The number of carbonyl (C=O) groups is 3. The Labute approximate surface area is 193 Å². The molecule has 1 aliphatic heterocycles. The van der Waals surface area contributed by atoms with Crippen molar-refractivity contribution in [2.75, 3.05) is 13.2 Å². The molecular formula is C26H30N2O5. The van der Waals surface area contributed by atoms with Crippen molar-refractivity contribution in [2.24, 2.45) is 0 Å². The average molecular weight is 451 g/mol. The minimum absolute atomic E-state index is 0.0229. The molecule has 2 atom stereocenters. The third kappa shape index (κ3) is 5.18. The molecule has 7 heteroatoms. The standard InChI is InChI=1S/C26H30N2O5/c1-17(14-24(29)28-13-7-6-8-18(28)15-25(30)31)27-26(32)33-16-23-21-11-4-2-9-19(21)20-10-3-5-12-22(20)23/h2-5,9-12,17-18,23H,6-8,13-16H2,1H3,(H,27,32)(H,30,31)/t17?,18-/m1/s1. The summed E-state index contributed by atoms with van der Waals surface area (Å²) in [5, 5.41) is 11.9. The number of hydrogen-bond donors (Lipinski definition) is 2. The summed E-state index contributed by atoms with van der Waals surface area (Å²) in [4.78, 5) is 38.0. The van der Waals surface area contributed by atoms with Gasteiger partial charge in [-0.25, -0.2) is 4.79 Å². The number of carboxylic acid groups (broad SMARTS) is 1. The van der Waals surface area contributed by atoms with E-state index in [9.17, 15) is 14.4 Å². The number of rotatable bonds is 7. The first-order valence-corrected chi connectivity index (χ1v) is 11.6. The molecule has 1 heterocycles. The third-order valence-corrected chi connectivity index (χ3v) is 6.55. The van der Waals surface area contributed by atoms with Gasteiger partial charge in [0, 0.05) is 31.0 Å². The maximum Gasteiger partial charge on any atom is 0.407 e. The zero-order valence-electron chi connectivity index (χ0n) is 18.8. The summed E-state index contributed by atoms with van der Waals surface area (Å²) in [6.07, 6.45) is 2.01. The van der Waals surface area contributed by atoms with Crippen LogP contribution in [-0.4, -0.2) is 53.2 Å². The first kappa shape index (κ1) is 22.8. The number of hydrogen-bond acceptors (Lipinski definition) is 4. The van der Waals surface area contributed by atoms with E-state index in [2.05, 4.69) is 29.6 Å². The van der Waals surface area contributed by atoms with Crippen molar-refractivity contribution < 1.29 is 24.2 Å². The summed E-state index contributed by atoms with van der Waals surface area (Å²) in [5.41, 5.74) is 4.62. The highest BCUT2D eigenvalue weighted by Crippen LogP contribution is 2.44. The molecular weight excluding hydrogens is 420 g/mol. The predicted octanol–water partition coefficient (Wildman–Crippen LogP) is 4.16. The Morgan fingerprint density at radius 3 is 2.33 bits per heavy atom. The number of aliphatic carboxylic acids is 1. The largest absolute Gasteiger partial charge is 0.481 e. The lowest BCUT2D eigenvalue weighted by Gasteiger charge is -2.35. The zero-order chi connectivity index (χ0) is 23.4. The maximum absolute atomic E-state index is 12.8. The number of carboxylic acids is 1. The molecule has 0 radical (unpaired) electrons. The number of likely N-dealkylation sites (tertiary alicyclic amines) is 1. The second-order valence-corrected chi connectivity index (χ2v) is 8.91. The van der Waals surface area contributed by atoms with E-state index in [1.54, 1.807) is 11.8 Å². The Hall–Kier alpha value is -3.35. The fourth-order valence-corrected chi connectivity index (χ4v) is 5.01. The van der Waals surface area contributed by atoms with Gasteiger partial charge in [-0.1, -0.05) is 48.5 Å². The van der Waals surface area contributed by atoms with Crippen LogP contribution in [0.4, 0.5) is 4.79 Å². The van der Waals surface area contributed by atoms with Gasteiger partial charge in [-0.3, -0.25) is 9.59 Å². The summed E-state index contributed by atoms with van der Waals surface area (Å²) in [7, 11) is 0. The SMILES string of the molecule is CC(CC(=O)N1CCCC[C@@H]1CC(=O)O)NC(=O)OCC1c2ccccc2-c2ccccc21. The Morgan fingerprint density at radius 1 is 1.06 bits per heavy atom. The molecule has 2 aromatic carbocycles. The number of fused-ring (bicyclic) bond motifs is 3. The Balaban J connectivity index is 1.31. The molecule has 1 fully saturated rings. The average Bonchev–Trinajstić information content (AvgIpc) is 3.11. The topological polar surface area (TPSA) is 95.9 Å². The summed E-state index contributed by atoms with van der Waals surface area (Å²) < 4.78 is 5.56. The van der Waals surface area contributed by atoms with Crippen LogP contribution in [-0.2, 0) is 14.3 Å². The summed E-state index contributed by atoms with van der Waals surface area (Å²) in [6, 6.07) is 15.6. The third-order valence-electron chi connectivity index (χ3n) is 6.55. The van der Waals surface area contributed by atoms with E-state index in [0.717, 1.165) is 24.0 Å². The van der Waals surface area contributed by atoms with Gasteiger partial charge in [0.2, 0.25) is 5.91 Å². The van der Waals surface area contributed by atoms with Gasteiger partial charge in [0.25, 0.3) is 0 Å². The fraction of sp³-hybridized carbons (Fsp3) is 0.423. The van der Waals surface area contributed by atoms with Crippen LogP contribution in [0.1, 0.15) is 56.1 Å². The van der Waals surface area contributed by atoms with Gasteiger partial charge in [-0.05, 0) is 48.4 Å². The van der Waals surface area contributed by atoms with Crippen LogP contribution in [0.2, 0.25) is 0 Å². The molecule has 0 bridgehead atoms. The quantitative estimate of drug-likeness (QED) is 0.660. The van der Waals surface area contributed by atoms with E-state index in [1.165, 1.54) is 11.1 Å². The number of nitrogens with one attached hydrogen (secondary N) is 1. The van der Waals surface area contributed by atoms with Crippen LogP contribution < -0.4 is 5.32 Å². The minimum atomic E-state index is -0.899. The Morgan fingerprint density at radius 2 is 1.70 bits per heavy atom. The summed E-state index contributed by atoms with van der Waals surface area (Å²) >= 11 is 0. The van der Waals surface area contributed by atoms with Gasteiger partial charge in [-0.15, -0.1) is 0 Å². The van der Waals surface area contributed by atoms with Gasteiger partial charge in [0.05, 0.1) is 6.42 Å². The van der Waals surface area contributed by atoms with E-state index in [1.807, 2.05) is 24.3 Å². The molecule has 0 spiro atoms. The molecule has 1 aliphatic carbocycles. The molecule has 4 rings (SSSR count). The number of benzene rings is 2. The number of amides is 2. The predicted molar refractivity (Wildman–Crippen MR) is 124 cm³/mol. The number of carbonyl (C=O) groups excluding carboxylic acids is 2. The highest BCUT2D eigenvalue weighted by Gasteiger charge is 2.31. The van der Waals surface area contributed by atoms with E-state index in [4.69, 9.17) is 9.84 Å². The summed E-state index contributed by atoms with van der Waals surface area (Å²) in [6.45, 7) is 2.54. The van der Waals surface area contributed by atoms with Crippen molar-refractivity contribution in [3.05, 3.63) is 59.7 Å². The number of ether oxygens (including phenoxy) is 1. The molecule has 1 unspecified atom stereocenters. The molecule has 0 aromatic heterocycles. The first-order valence-electron chi connectivity index (χ1n) is 11.6. The minimum Gasteiger partial charge on any atom is -0.481 e. The lowest BCUT2D eigenvalue weighted by Crippen LogP contribution is -2.47. The Bertz CT molecular complexity index is 991. The van der Waals surface area contributed by atoms with Crippen molar-refractivity contribution in [3.63, 3.8) is 0 Å². The van der Waals surface area contributed by atoms with Gasteiger partial charge in [0.15, 0.2) is 0 Å². The van der Waals surface area contributed by atoms with Crippen molar-refractivity contribution in [1.29, 1.82) is 0 Å². The molecule has 2 aliphatic rings. The second kappa shape index (κ2) is 10.1. The molecule has 174 valence electrons. The Kier molecular flexibility index (Phi) is 6.96. The highest BCUT2D eigenvalue weighted by molar-refractivity contribution is 5.80. The van der Waals surface area contributed by atoms with Crippen LogP contribution >= 0.6 is 0 Å². The lowest BCUT2D eigenvalue weighted by atomic mass is 9.98. The van der Waals surface area contributed by atoms with Crippen molar-refractivity contribution in [1.82, 2.24) is 10.2 Å². The molecule has 7 nitrogen and oxygen atoms in total. The molecule has 2 N–H and O–H groups in total. The highest BCUT2D eigenvalue weighted by atomic mass is 16.5. The van der Waals surface area contributed by atoms with Gasteiger partial charge >= 0.3 is 12.1 Å². The first-order chi connectivity index (χ1) is 15.9. The van der Waals surface area contributed by atoms with Crippen LogP contribution in [0, 0.1) is 0 Å². The molecule has 2 aromatic rings. The summed E-state index contributed by atoms with van der Waals surface area (Å²) in [5.74, 6) is -1.05. The van der Waals surface area contributed by atoms with Gasteiger partial charge < -0.3 is 20.1 Å². The molecule has 1 saturated heterocycles. The lowest BCUT2D eigenvalue weighted by molar-refractivity contribution is -0.142. The van der Waals surface area contributed by atoms with Crippen LogP contribution in [0.3, 0.4) is 0 Å². The molecule has 33 heavy (non-hydrogen) atoms. The number of alkyl carbamates (subject to hydrolysis) is 1. The smallest absolute Gasteiger partial charge is 0.407 e. The van der Waals surface area contributed by atoms with Gasteiger partial charge in [0.1, 0.15) is 6.61 Å². The van der Waals surface area contributed by atoms with Gasteiger partial charge in [-0.2, -0.15) is 0 Å². The van der Waals surface area contributed by atoms with Crippen molar-refractivity contribution >= 4 is 18.0 Å². The van der Waals surface area contributed by atoms with Crippen LogP contribution in [0.25, 0.3) is 11.1 Å². The van der Waals surface area contributed by atoms with E-state index < -0.39 is 18.1 Å². The normalized spacial score (nSPS) is 18.2. The maximum atomic E-state index is 12.8. The van der Waals surface area contributed by atoms with E-state index >= 15 is 0 Å². The molecule has 0 saturated carbocycles.